The molecule has 1 aromatic carbocycles. The molecule has 3 N–H and O–H groups in total. The van der Waals surface area contributed by atoms with Gasteiger partial charge in [-0.3, -0.25) is 9.78 Å². The Balaban J connectivity index is 2.36. The van der Waals surface area contributed by atoms with Gasteiger partial charge >= 0.3 is 0 Å². The van der Waals surface area contributed by atoms with Gasteiger partial charge in [0.2, 0.25) is 0 Å². The van der Waals surface area contributed by atoms with Crippen molar-refractivity contribution < 1.29 is 17.6 Å². The van der Waals surface area contributed by atoms with E-state index >= 15 is 0 Å². The van der Waals surface area contributed by atoms with Crippen molar-refractivity contribution in [2.24, 2.45) is 0 Å². The summed E-state index contributed by atoms with van der Waals surface area (Å²) in [5, 5.41) is 2.33. The molecule has 0 radical (unpaired) electrons. The second kappa shape index (κ2) is 5.49. The Labute approximate surface area is 120 Å². The molecule has 1 aromatic heterocycles. The maximum Gasteiger partial charge on any atom is 0.255 e. The van der Waals surface area contributed by atoms with E-state index in [2.05, 4.69) is 10.3 Å². The standard InChI is InChI=1S/C13H12FN3O3S/c1-21(19,20)10-5-8(4-9(15)6-10)13(18)17-12-2-3-16-7-11(12)14/h2-7H,15H2,1H3,(H,16,17,18). The largest absolute Gasteiger partial charge is 0.399 e. The molecule has 21 heavy (non-hydrogen) atoms. The lowest BCUT2D eigenvalue weighted by Crippen LogP contribution is -2.14. The lowest BCUT2D eigenvalue weighted by Gasteiger charge is -2.08. The first kappa shape index (κ1) is 14.9. The third-order valence-electron chi connectivity index (χ3n) is 2.64. The summed E-state index contributed by atoms with van der Waals surface area (Å²) in [7, 11) is -3.51. The molecular weight excluding hydrogens is 297 g/mol. The molecule has 0 aliphatic rings. The van der Waals surface area contributed by atoms with Crippen molar-refractivity contribution in [1.82, 2.24) is 4.98 Å². The Morgan fingerprint density at radius 2 is 2.05 bits per heavy atom. The topological polar surface area (TPSA) is 102 Å². The summed E-state index contributed by atoms with van der Waals surface area (Å²) in [5.74, 6) is -1.37. The molecule has 6 nitrogen and oxygen atoms in total. The zero-order valence-electron chi connectivity index (χ0n) is 11.0. The fourth-order valence-corrected chi connectivity index (χ4v) is 2.33. The molecule has 0 bridgehead atoms. The Morgan fingerprint density at radius 1 is 1.33 bits per heavy atom. The second-order valence-electron chi connectivity index (χ2n) is 4.37. The van der Waals surface area contributed by atoms with Crippen molar-refractivity contribution in [2.75, 3.05) is 17.3 Å². The normalized spacial score (nSPS) is 11.1. The Bertz CT molecular complexity index is 806. The zero-order valence-corrected chi connectivity index (χ0v) is 11.8. The predicted molar refractivity (Wildman–Crippen MR) is 76.1 cm³/mol. The van der Waals surface area contributed by atoms with Crippen LogP contribution in [0.2, 0.25) is 0 Å². The SMILES string of the molecule is CS(=O)(=O)c1cc(N)cc(C(=O)Nc2ccncc2F)c1. The molecule has 0 aliphatic carbocycles. The van der Waals surface area contributed by atoms with E-state index < -0.39 is 21.6 Å². The number of nitrogens with two attached hydrogens (primary N) is 1. The highest BCUT2D eigenvalue weighted by molar-refractivity contribution is 7.90. The molecule has 1 amide bonds. The number of nitrogens with zero attached hydrogens (tertiary/aromatic N) is 1. The van der Waals surface area contributed by atoms with Gasteiger partial charge in [0, 0.05) is 23.7 Å². The lowest BCUT2D eigenvalue weighted by atomic mass is 10.2. The Morgan fingerprint density at radius 3 is 2.67 bits per heavy atom. The number of sulfone groups is 1. The van der Waals surface area contributed by atoms with E-state index in [1.165, 1.54) is 30.5 Å². The van der Waals surface area contributed by atoms with E-state index in [-0.39, 0.29) is 21.8 Å². The van der Waals surface area contributed by atoms with E-state index in [9.17, 15) is 17.6 Å². The molecule has 0 unspecified atom stereocenters. The average molecular weight is 309 g/mol. The maximum atomic E-state index is 13.4. The van der Waals surface area contributed by atoms with Gasteiger partial charge in [0.1, 0.15) is 0 Å². The van der Waals surface area contributed by atoms with Crippen LogP contribution in [0.15, 0.2) is 41.6 Å². The summed E-state index contributed by atoms with van der Waals surface area (Å²) in [6.07, 6.45) is 3.28. The highest BCUT2D eigenvalue weighted by atomic mass is 32.2. The van der Waals surface area contributed by atoms with Gasteiger partial charge in [0.25, 0.3) is 5.91 Å². The van der Waals surface area contributed by atoms with Crippen molar-refractivity contribution in [2.45, 2.75) is 4.90 Å². The summed E-state index contributed by atoms with van der Waals surface area (Å²) in [5.41, 5.74) is 5.67. The van der Waals surface area contributed by atoms with Crippen LogP contribution in [0.1, 0.15) is 10.4 Å². The van der Waals surface area contributed by atoms with Crippen LogP contribution in [0.25, 0.3) is 0 Å². The number of aromatic nitrogens is 1. The Hall–Kier alpha value is -2.48. The molecule has 0 saturated carbocycles. The second-order valence-corrected chi connectivity index (χ2v) is 6.39. The van der Waals surface area contributed by atoms with Crippen LogP contribution in [0.3, 0.4) is 0 Å². The molecule has 0 fully saturated rings. The molecule has 0 atom stereocenters. The molecular formula is C13H12FN3O3S. The van der Waals surface area contributed by atoms with E-state index in [4.69, 9.17) is 5.73 Å². The number of pyridine rings is 1. The minimum atomic E-state index is -3.51. The number of benzene rings is 1. The zero-order chi connectivity index (χ0) is 15.6. The van der Waals surface area contributed by atoms with Gasteiger partial charge in [-0.1, -0.05) is 0 Å². The van der Waals surface area contributed by atoms with Crippen molar-refractivity contribution in [3.63, 3.8) is 0 Å². The first-order chi connectivity index (χ1) is 9.77. The van der Waals surface area contributed by atoms with Gasteiger partial charge in [0.05, 0.1) is 16.8 Å². The van der Waals surface area contributed by atoms with E-state index in [1.807, 2.05) is 0 Å². The molecule has 2 aromatic rings. The minimum absolute atomic E-state index is 0.0200. The summed E-state index contributed by atoms with van der Waals surface area (Å²) in [6, 6.07) is 5.03. The molecule has 2 rings (SSSR count). The van der Waals surface area contributed by atoms with Crippen LogP contribution in [0, 0.1) is 5.82 Å². The number of carbonyl (C=O) groups is 1. The van der Waals surface area contributed by atoms with Crippen molar-refractivity contribution in [3.05, 3.63) is 48.0 Å². The molecule has 0 aliphatic heterocycles. The third kappa shape index (κ3) is 3.54. The van der Waals surface area contributed by atoms with Gasteiger partial charge in [-0.25, -0.2) is 12.8 Å². The molecule has 0 spiro atoms. The van der Waals surface area contributed by atoms with E-state index in [0.717, 1.165) is 12.5 Å². The first-order valence-electron chi connectivity index (χ1n) is 5.79. The highest BCUT2D eigenvalue weighted by Crippen LogP contribution is 2.19. The highest BCUT2D eigenvalue weighted by Gasteiger charge is 2.14. The van der Waals surface area contributed by atoms with Crippen LogP contribution in [0.5, 0.6) is 0 Å². The van der Waals surface area contributed by atoms with Gasteiger partial charge in [-0.2, -0.15) is 0 Å². The van der Waals surface area contributed by atoms with Gasteiger partial charge in [0.15, 0.2) is 15.7 Å². The fraction of sp³-hybridized carbons (Fsp3) is 0.0769. The number of anilines is 2. The fourth-order valence-electron chi connectivity index (χ4n) is 1.64. The lowest BCUT2D eigenvalue weighted by molar-refractivity contribution is 0.102. The van der Waals surface area contributed by atoms with Gasteiger partial charge < -0.3 is 11.1 Å². The number of nitrogens with one attached hydrogen (secondary N) is 1. The number of hydrogen-bond donors (Lipinski definition) is 2. The third-order valence-corrected chi connectivity index (χ3v) is 3.73. The van der Waals surface area contributed by atoms with Crippen LogP contribution in [-0.4, -0.2) is 25.6 Å². The van der Waals surface area contributed by atoms with E-state index in [0.29, 0.717) is 0 Å². The number of rotatable bonds is 3. The summed E-state index contributed by atoms with van der Waals surface area (Å²) < 4.78 is 36.4. The summed E-state index contributed by atoms with van der Waals surface area (Å²) >= 11 is 0. The smallest absolute Gasteiger partial charge is 0.255 e. The van der Waals surface area contributed by atoms with Crippen LogP contribution < -0.4 is 11.1 Å². The van der Waals surface area contributed by atoms with Gasteiger partial charge in [-0.05, 0) is 24.3 Å². The van der Waals surface area contributed by atoms with Crippen LogP contribution in [-0.2, 0) is 9.84 Å². The Kier molecular flexibility index (Phi) is 3.90. The predicted octanol–water partition coefficient (Wildman–Crippen LogP) is 1.46. The molecule has 110 valence electrons. The average Bonchev–Trinajstić information content (AvgIpc) is 2.39. The number of halogens is 1. The molecule has 0 saturated heterocycles. The van der Waals surface area contributed by atoms with Crippen molar-refractivity contribution in [3.8, 4) is 0 Å². The van der Waals surface area contributed by atoms with E-state index in [1.54, 1.807) is 0 Å². The van der Waals surface area contributed by atoms with Crippen LogP contribution in [0.4, 0.5) is 15.8 Å². The maximum absolute atomic E-state index is 13.4. The number of carbonyl (C=O) groups excluding carboxylic acids is 1. The quantitative estimate of drug-likeness (QED) is 0.836. The van der Waals surface area contributed by atoms with Crippen molar-refractivity contribution >= 4 is 27.1 Å². The first-order valence-corrected chi connectivity index (χ1v) is 7.68. The number of hydrogen-bond acceptors (Lipinski definition) is 5. The monoisotopic (exact) mass is 309 g/mol. The van der Waals surface area contributed by atoms with Gasteiger partial charge in [-0.15, -0.1) is 0 Å². The van der Waals surface area contributed by atoms with Crippen LogP contribution >= 0.6 is 0 Å². The molecule has 1 heterocycles. The minimum Gasteiger partial charge on any atom is -0.399 e. The van der Waals surface area contributed by atoms with Crippen molar-refractivity contribution in [1.29, 1.82) is 0 Å². The summed E-state index contributed by atoms with van der Waals surface area (Å²) in [4.78, 5) is 15.5. The number of amides is 1. The number of nitrogen functional groups attached to an aromatic ring is 1. The molecule has 8 heteroatoms. The summed E-state index contributed by atoms with van der Waals surface area (Å²) in [6.45, 7) is 0.